The second kappa shape index (κ2) is 11.8. The van der Waals surface area contributed by atoms with Crippen LogP contribution in [0.5, 0.6) is 0 Å². The molecule has 1 rings (SSSR count). The fourth-order valence-corrected chi connectivity index (χ4v) is 2.61. The first-order valence-corrected chi connectivity index (χ1v) is 8.82. The monoisotopic (exact) mass is 290 g/mol. The van der Waals surface area contributed by atoms with E-state index >= 15 is 0 Å². The number of nitrogens with one attached hydrogen (secondary N) is 1. The molecule has 0 aliphatic rings. The van der Waals surface area contributed by atoms with E-state index in [1.165, 1.54) is 50.8 Å². The van der Waals surface area contributed by atoms with E-state index in [1.54, 1.807) is 0 Å². The predicted molar refractivity (Wildman–Crippen MR) is 93.7 cm³/mol. The summed E-state index contributed by atoms with van der Waals surface area (Å²) in [5, 5.41) is 3.73. The van der Waals surface area contributed by atoms with Crippen molar-refractivity contribution in [2.75, 3.05) is 26.2 Å². The van der Waals surface area contributed by atoms with Crippen LogP contribution in [0.25, 0.3) is 0 Å². The van der Waals surface area contributed by atoms with E-state index < -0.39 is 0 Å². The summed E-state index contributed by atoms with van der Waals surface area (Å²) < 4.78 is 0. The van der Waals surface area contributed by atoms with Crippen LogP contribution in [0.2, 0.25) is 0 Å². The number of benzene rings is 1. The van der Waals surface area contributed by atoms with Crippen LogP contribution in [-0.2, 0) is 0 Å². The average molecular weight is 290 g/mol. The highest BCUT2D eigenvalue weighted by molar-refractivity contribution is 5.19. The highest BCUT2D eigenvalue weighted by Gasteiger charge is 2.14. The van der Waals surface area contributed by atoms with E-state index in [-0.39, 0.29) is 0 Å². The van der Waals surface area contributed by atoms with Gasteiger partial charge in [0.25, 0.3) is 0 Å². The van der Waals surface area contributed by atoms with Crippen LogP contribution < -0.4 is 5.32 Å². The highest BCUT2D eigenvalue weighted by atomic mass is 15.1. The van der Waals surface area contributed by atoms with E-state index in [4.69, 9.17) is 0 Å². The second-order valence-corrected chi connectivity index (χ2v) is 5.93. The van der Waals surface area contributed by atoms with Gasteiger partial charge in [-0.2, -0.15) is 0 Å². The number of hydrogen-bond acceptors (Lipinski definition) is 2. The molecule has 1 unspecified atom stereocenters. The highest BCUT2D eigenvalue weighted by Crippen LogP contribution is 2.15. The average Bonchev–Trinajstić information content (AvgIpc) is 2.54. The fourth-order valence-electron chi connectivity index (χ4n) is 2.61. The Morgan fingerprint density at radius 1 is 0.905 bits per heavy atom. The van der Waals surface area contributed by atoms with Crippen LogP contribution in [-0.4, -0.2) is 31.1 Å². The lowest BCUT2D eigenvalue weighted by Crippen LogP contribution is -2.36. The van der Waals surface area contributed by atoms with Crippen molar-refractivity contribution < 1.29 is 0 Å². The van der Waals surface area contributed by atoms with Crippen molar-refractivity contribution in [2.24, 2.45) is 0 Å². The molecular weight excluding hydrogens is 256 g/mol. The third kappa shape index (κ3) is 7.63. The largest absolute Gasteiger partial charge is 0.309 e. The summed E-state index contributed by atoms with van der Waals surface area (Å²) in [6, 6.07) is 11.4. The van der Waals surface area contributed by atoms with Gasteiger partial charge in [-0.1, -0.05) is 63.9 Å². The number of unbranched alkanes of at least 4 members (excludes halogenated alkanes) is 2. The molecule has 120 valence electrons. The molecule has 0 aromatic heterocycles. The molecular formula is C19H34N2. The van der Waals surface area contributed by atoms with Crippen molar-refractivity contribution >= 4 is 0 Å². The number of hydrogen-bond donors (Lipinski definition) is 1. The molecule has 1 N–H and O–H groups in total. The van der Waals surface area contributed by atoms with E-state index in [2.05, 4.69) is 61.3 Å². The van der Waals surface area contributed by atoms with Crippen molar-refractivity contribution in [3.05, 3.63) is 35.9 Å². The molecule has 0 fully saturated rings. The first-order valence-electron chi connectivity index (χ1n) is 8.82. The molecule has 0 spiro atoms. The molecule has 0 aliphatic heterocycles. The van der Waals surface area contributed by atoms with Crippen LogP contribution in [0.1, 0.15) is 64.5 Å². The lowest BCUT2D eigenvalue weighted by atomic mass is 10.1. The van der Waals surface area contributed by atoms with Gasteiger partial charge in [0.15, 0.2) is 0 Å². The lowest BCUT2D eigenvalue weighted by molar-refractivity contribution is 0.235. The minimum atomic E-state index is 0.458. The Morgan fingerprint density at radius 3 is 2.05 bits per heavy atom. The maximum atomic E-state index is 3.73. The molecule has 1 aromatic carbocycles. The fraction of sp³-hybridized carbons (Fsp3) is 0.684. The summed E-state index contributed by atoms with van der Waals surface area (Å²) in [6.45, 7) is 11.5. The van der Waals surface area contributed by atoms with Crippen LogP contribution in [0.15, 0.2) is 30.3 Å². The molecule has 1 atom stereocenters. The zero-order chi connectivity index (χ0) is 15.3. The van der Waals surface area contributed by atoms with Gasteiger partial charge in [-0.25, -0.2) is 0 Å². The lowest BCUT2D eigenvalue weighted by Gasteiger charge is -2.28. The molecule has 0 aliphatic carbocycles. The summed E-state index contributed by atoms with van der Waals surface area (Å²) in [6.07, 6.45) is 6.35. The second-order valence-electron chi connectivity index (χ2n) is 5.93. The summed E-state index contributed by atoms with van der Waals surface area (Å²) >= 11 is 0. The Hall–Kier alpha value is -0.860. The van der Waals surface area contributed by atoms with Gasteiger partial charge in [0.1, 0.15) is 0 Å². The smallest absolute Gasteiger partial charge is 0.0449 e. The van der Waals surface area contributed by atoms with Gasteiger partial charge in [0, 0.05) is 12.6 Å². The Balaban J connectivity index is 2.66. The Bertz CT molecular complexity index is 329. The molecule has 0 heterocycles. The molecule has 21 heavy (non-hydrogen) atoms. The number of rotatable bonds is 12. The van der Waals surface area contributed by atoms with Crippen molar-refractivity contribution in [1.29, 1.82) is 0 Å². The van der Waals surface area contributed by atoms with E-state index in [0.717, 1.165) is 13.1 Å². The zero-order valence-corrected chi connectivity index (χ0v) is 14.3. The van der Waals surface area contributed by atoms with Crippen LogP contribution in [0, 0.1) is 0 Å². The number of nitrogens with zero attached hydrogens (tertiary/aromatic N) is 1. The molecule has 2 heteroatoms. The van der Waals surface area contributed by atoms with Crippen molar-refractivity contribution in [1.82, 2.24) is 10.2 Å². The summed E-state index contributed by atoms with van der Waals surface area (Å²) in [5.74, 6) is 0. The molecule has 0 saturated carbocycles. The summed E-state index contributed by atoms with van der Waals surface area (Å²) in [7, 11) is 0. The molecule has 0 bridgehead atoms. The minimum absolute atomic E-state index is 0.458. The van der Waals surface area contributed by atoms with E-state index in [0.29, 0.717) is 6.04 Å². The molecule has 0 saturated heterocycles. The normalized spacial score (nSPS) is 12.8. The minimum Gasteiger partial charge on any atom is -0.309 e. The van der Waals surface area contributed by atoms with Gasteiger partial charge in [-0.05, 0) is 44.5 Å². The topological polar surface area (TPSA) is 15.3 Å². The third-order valence-electron chi connectivity index (χ3n) is 3.94. The van der Waals surface area contributed by atoms with Gasteiger partial charge in [-0.15, -0.1) is 0 Å². The van der Waals surface area contributed by atoms with Gasteiger partial charge in [0.2, 0.25) is 0 Å². The summed E-state index contributed by atoms with van der Waals surface area (Å²) in [5.41, 5.74) is 1.42. The standard InChI is InChI=1S/C19H34N2/c1-4-7-15-21(16-8-5-2)17-19(20-14-6-3)18-12-10-9-11-13-18/h9-13,19-20H,4-8,14-17H2,1-3H3. The Kier molecular flexibility index (Phi) is 10.2. The predicted octanol–water partition coefficient (Wildman–Crippen LogP) is 4.63. The van der Waals surface area contributed by atoms with E-state index in [9.17, 15) is 0 Å². The van der Waals surface area contributed by atoms with Gasteiger partial charge in [-0.3, -0.25) is 0 Å². The van der Waals surface area contributed by atoms with Crippen LogP contribution in [0.4, 0.5) is 0 Å². The maximum absolute atomic E-state index is 3.73. The van der Waals surface area contributed by atoms with Gasteiger partial charge >= 0.3 is 0 Å². The molecule has 0 radical (unpaired) electrons. The SMILES string of the molecule is CCCCN(CCCC)CC(NCCC)c1ccccc1. The van der Waals surface area contributed by atoms with E-state index in [1.807, 2.05) is 0 Å². The molecule has 0 amide bonds. The van der Waals surface area contributed by atoms with Crippen LogP contribution in [0.3, 0.4) is 0 Å². The molecule has 2 nitrogen and oxygen atoms in total. The molecule has 1 aromatic rings. The van der Waals surface area contributed by atoms with Crippen molar-refractivity contribution in [2.45, 2.75) is 58.9 Å². The van der Waals surface area contributed by atoms with Crippen LogP contribution >= 0.6 is 0 Å². The third-order valence-corrected chi connectivity index (χ3v) is 3.94. The Morgan fingerprint density at radius 2 is 1.52 bits per heavy atom. The first kappa shape index (κ1) is 18.2. The summed E-state index contributed by atoms with van der Waals surface area (Å²) in [4.78, 5) is 2.65. The van der Waals surface area contributed by atoms with Gasteiger partial charge < -0.3 is 10.2 Å². The van der Waals surface area contributed by atoms with Crippen molar-refractivity contribution in [3.8, 4) is 0 Å². The quantitative estimate of drug-likeness (QED) is 0.604. The Labute approximate surface area is 131 Å². The first-order chi connectivity index (χ1) is 10.3. The van der Waals surface area contributed by atoms with Crippen molar-refractivity contribution in [3.63, 3.8) is 0 Å². The zero-order valence-electron chi connectivity index (χ0n) is 14.3. The van der Waals surface area contributed by atoms with Gasteiger partial charge in [0.05, 0.1) is 0 Å². The maximum Gasteiger partial charge on any atom is 0.0449 e.